The fourth-order valence-electron chi connectivity index (χ4n) is 8.68. The van der Waals surface area contributed by atoms with Crippen LogP contribution in [0.4, 0.5) is 0 Å². The maximum absolute atomic E-state index is 13.3. The number of carbonyl (C=O) groups is 2. The molecule has 2 unspecified atom stereocenters. The Bertz CT molecular complexity index is 1290. The molecule has 4 bridgehead atoms. The molecule has 6 fully saturated rings. The lowest BCUT2D eigenvalue weighted by Crippen LogP contribution is -2.45. The molecule has 6 aliphatic rings. The Hall–Kier alpha value is -1.10. The van der Waals surface area contributed by atoms with Crippen LogP contribution in [0.3, 0.4) is 0 Å². The fourth-order valence-corrected chi connectivity index (χ4v) is 9.89. The number of fused-ring (bicyclic) bond motifs is 6. The van der Waals surface area contributed by atoms with Gasteiger partial charge in [0.25, 0.3) is 11.8 Å². The van der Waals surface area contributed by atoms with E-state index in [2.05, 4.69) is 66.8 Å². The van der Waals surface area contributed by atoms with Crippen LogP contribution in [0.25, 0.3) is 0 Å². The number of amides is 2. The minimum atomic E-state index is -0.528. The summed E-state index contributed by atoms with van der Waals surface area (Å²) in [5.74, 6) is -0.350. The van der Waals surface area contributed by atoms with Crippen molar-refractivity contribution in [1.29, 1.82) is 0 Å². The molecule has 0 heterocycles. The standard InChI is InChI=1S/C38H49BBr2Cl2N2O4/c40-25-1-3-31(44-33(46)27-5-9-29(10-6-27)35-13-19-37(42,20-14-35)21-15-35)48-39-49-32(4-2-26-41)45-34(47)28-7-11-30(12-8-28)36-16-22-38(43,23-17-36)24-18-36/h5-12,31-32,39H,1-4,13-26H2,(H,44,46)(H,45,47). The van der Waals surface area contributed by atoms with Crippen molar-refractivity contribution in [2.24, 2.45) is 0 Å². The number of nitrogens with one attached hydrogen (secondary N) is 2. The number of hydrogen-bond acceptors (Lipinski definition) is 4. The normalized spacial score (nSPS) is 30.0. The highest BCUT2D eigenvalue weighted by Crippen LogP contribution is 2.57. The van der Waals surface area contributed by atoms with E-state index in [-0.39, 0.29) is 40.1 Å². The SMILES string of the molecule is O=C(NC(CCCBr)OBOC(CCCBr)NC(=O)c1ccc(C23CCC(Cl)(CC2)CC3)cc1)c1ccc(C23CCC(Cl)(CC2)CC3)cc1. The minimum Gasteiger partial charge on any atom is -0.393 e. The molecule has 0 spiro atoms. The monoisotopic (exact) mass is 836 g/mol. The van der Waals surface area contributed by atoms with Crippen LogP contribution in [0.1, 0.15) is 135 Å². The Morgan fingerprint density at radius 3 is 1.24 bits per heavy atom. The zero-order valence-corrected chi connectivity index (χ0v) is 33.0. The second kappa shape index (κ2) is 16.3. The van der Waals surface area contributed by atoms with Crippen molar-refractivity contribution >= 4 is 74.6 Å². The van der Waals surface area contributed by atoms with Gasteiger partial charge < -0.3 is 19.9 Å². The van der Waals surface area contributed by atoms with E-state index >= 15 is 0 Å². The Kier molecular flexibility index (Phi) is 12.5. The van der Waals surface area contributed by atoms with E-state index in [9.17, 15) is 9.59 Å². The van der Waals surface area contributed by atoms with Crippen molar-refractivity contribution in [3.63, 3.8) is 0 Å². The molecule has 6 saturated carbocycles. The highest BCUT2D eigenvalue weighted by atomic mass is 79.9. The molecule has 2 N–H and O–H groups in total. The van der Waals surface area contributed by atoms with Gasteiger partial charge in [-0.1, -0.05) is 56.1 Å². The third-order valence-corrected chi connectivity index (χ3v) is 14.4. The van der Waals surface area contributed by atoms with Gasteiger partial charge in [-0.2, -0.15) is 0 Å². The average Bonchev–Trinajstić information content (AvgIpc) is 3.13. The summed E-state index contributed by atoms with van der Waals surface area (Å²) in [5, 5.41) is 7.69. The Labute approximate surface area is 319 Å². The van der Waals surface area contributed by atoms with E-state index in [4.69, 9.17) is 32.5 Å². The van der Waals surface area contributed by atoms with Gasteiger partial charge in [0.05, 0.1) is 0 Å². The maximum Gasteiger partial charge on any atom is 0.441 e. The summed E-state index contributed by atoms with van der Waals surface area (Å²) in [6.45, 7) is 0. The van der Waals surface area contributed by atoms with Crippen LogP contribution in [-0.2, 0) is 20.1 Å². The third-order valence-electron chi connectivity index (χ3n) is 12.2. The van der Waals surface area contributed by atoms with E-state index in [1.807, 2.05) is 24.3 Å². The first-order valence-corrected chi connectivity index (χ1v) is 21.1. The van der Waals surface area contributed by atoms with Gasteiger partial charge in [0, 0.05) is 31.5 Å². The van der Waals surface area contributed by atoms with Gasteiger partial charge in [0.15, 0.2) is 0 Å². The Morgan fingerprint density at radius 2 is 0.939 bits per heavy atom. The van der Waals surface area contributed by atoms with E-state index < -0.39 is 12.5 Å². The van der Waals surface area contributed by atoms with E-state index in [0.29, 0.717) is 24.0 Å². The first-order valence-electron chi connectivity index (χ1n) is 18.1. The van der Waals surface area contributed by atoms with Crippen molar-refractivity contribution in [2.75, 3.05) is 10.7 Å². The second-order valence-electron chi connectivity index (χ2n) is 15.1. The molecule has 266 valence electrons. The quantitative estimate of drug-likeness (QED) is 0.100. The van der Waals surface area contributed by atoms with Gasteiger partial charge in [-0.25, -0.2) is 0 Å². The number of benzene rings is 2. The highest BCUT2D eigenvalue weighted by molar-refractivity contribution is 9.09. The number of hydrogen-bond donors (Lipinski definition) is 2. The molecule has 11 heteroatoms. The van der Waals surface area contributed by atoms with Gasteiger partial charge in [-0.05, 0) is 149 Å². The molecule has 49 heavy (non-hydrogen) atoms. The van der Waals surface area contributed by atoms with Crippen molar-refractivity contribution in [1.82, 2.24) is 10.6 Å². The van der Waals surface area contributed by atoms with Crippen LogP contribution in [-0.4, -0.2) is 52.4 Å². The molecule has 2 atom stereocenters. The van der Waals surface area contributed by atoms with Gasteiger partial charge >= 0.3 is 7.69 Å². The van der Waals surface area contributed by atoms with Crippen LogP contribution in [0, 0.1) is 0 Å². The molecule has 6 nitrogen and oxygen atoms in total. The molecular weight excluding hydrogens is 790 g/mol. The molecule has 2 aromatic rings. The van der Waals surface area contributed by atoms with Crippen LogP contribution in [0.15, 0.2) is 48.5 Å². The predicted molar refractivity (Wildman–Crippen MR) is 207 cm³/mol. The minimum absolute atomic E-state index is 0.00456. The smallest absolute Gasteiger partial charge is 0.393 e. The zero-order chi connectivity index (χ0) is 34.5. The third kappa shape index (κ3) is 8.93. The molecular formula is C38H49BBr2Cl2N2O4. The largest absolute Gasteiger partial charge is 0.441 e. The van der Waals surface area contributed by atoms with Crippen molar-refractivity contribution < 1.29 is 18.9 Å². The molecule has 8 rings (SSSR count). The predicted octanol–water partition coefficient (Wildman–Crippen LogP) is 9.31. The fraction of sp³-hybridized carbons (Fsp3) is 0.632. The van der Waals surface area contributed by atoms with E-state index in [1.54, 1.807) is 0 Å². The summed E-state index contributed by atoms with van der Waals surface area (Å²) in [4.78, 5) is 26.6. The molecule has 0 aliphatic heterocycles. The lowest BCUT2D eigenvalue weighted by atomic mass is 9.57. The van der Waals surface area contributed by atoms with E-state index in [0.717, 1.165) is 101 Å². The van der Waals surface area contributed by atoms with Gasteiger partial charge in [-0.15, -0.1) is 23.2 Å². The first-order chi connectivity index (χ1) is 23.6. The Balaban J connectivity index is 1.01. The topological polar surface area (TPSA) is 76.7 Å². The maximum atomic E-state index is 13.3. The molecule has 0 saturated heterocycles. The first kappa shape index (κ1) is 37.7. The summed E-state index contributed by atoms with van der Waals surface area (Å²) in [6, 6.07) is 16.2. The van der Waals surface area contributed by atoms with E-state index in [1.165, 1.54) is 11.1 Å². The zero-order valence-electron chi connectivity index (χ0n) is 28.4. The summed E-state index contributed by atoms with van der Waals surface area (Å²) in [7, 11) is -0.0620. The number of carbonyl (C=O) groups excluding carboxylic acids is 2. The number of rotatable bonds is 16. The van der Waals surface area contributed by atoms with Crippen molar-refractivity contribution in [3.05, 3.63) is 70.8 Å². The molecule has 0 aromatic heterocycles. The molecule has 6 aliphatic carbocycles. The summed E-state index contributed by atoms with van der Waals surface area (Å²) in [5.41, 5.74) is 4.24. The van der Waals surface area contributed by atoms with Crippen LogP contribution >= 0.6 is 55.1 Å². The summed E-state index contributed by atoms with van der Waals surface area (Å²) < 4.78 is 12.1. The lowest BCUT2D eigenvalue weighted by molar-refractivity contribution is 0.0607. The Morgan fingerprint density at radius 1 is 0.612 bits per heavy atom. The van der Waals surface area contributed by atoms with Crippen molar-refractivity contribution in [3.8, 4) is 0 Å². The lowest BCUT2D eigenvalue weighted by Gasteiger charge is -2.51. The van der Waals surface area contributed by atoms with Gasteiger partial charge in [-0.3, -0.25) is 9.59 Å². The number of halogens is 4. The molecule has 2 aromatic carbocycles. The summed E-state index contributed by atoms with van der Waals surface area (Å²) in [6.07, 6.45) is 14.9. The van der Waals surface area contributed by atoms with Crippen LogP contribution < -0.4 is 10.6 Å². The molecule has 2 amide bonds. The molecule has 0 radical (unpaired) electrons. The second-order valence-corrected chi connectivity index (χ2v) is 18.2. The average molecular weight is 839 g/mol. The van der Waals surface area contributed by atoms with Crippen LogP contribution in [0.5, 0.6) is 0 Å². The van der Waals surface area contributed by atoms with Crippen molar-refractivity contribution in [2.45, 2.75) is 136 Å². The van der Waals surface area contributed by atoms with Gasteiger partial charge in [0.1, 0.15) is 12.5 Å². The number of alkyl halides is 4. The van der Waals surface area contributed by atoms with Gasteiger partial charge in [0.2, 0.25) is 0 Å². The summed E-state index contributed by atoms with van der Waals surface area (Å²) >= 11 is 20.5. The highest BCUT2D eigenvalue weighted by Gasteiger charge is 2.49. The van der Waals surface area contributed by atoms with Crippen LogP contribution in [0.2, 0.25) is 0 Å².